The highest BCUT2D eigenvalue weighted by Crippen LogP contribution is 2.32. The summed E-state index contributed by atoms with van der Waals surface area (Å²) in [6, 6.07) is 9.26. The van der Waals surface area contributed by atoms with Crippen LogP contribution in [0.5, 0.6) is 0 Å². The molecule has 3 unspecified atom stereocenters. The average molecular weight is 430 g/mol. The normalized spacial score (nSPS) is 26.8. The summed E-state index contributed by atoms with van der Waals surface area (Å²) in [5, 5.41) is 1.60. The van der Waals surface area contributed by atoms with E-state index < -0.39 is 0 Å². The third-order valence-corrected chi connectivity index (χ3v) is 6.40. The van der Waals surface area contributed by atoms with Gasteiger partial charge in [-0.2, -0.15) is 0 Å². The monoisotopic (exact) mass is 429 g/mol. The molecular formula is C22H31N5O4. The Balaban J connectivity index is 1.42. The van der Waals surface area contributed by atoms with Crippen molar-refractivity contribution >= 4 is 23.4 Å². The average Bonchev–Trinajstić information content (AvgIpc) is 3.13. The molecule has 1 aromatic carbocycles. The molecule has 168 valence electrons. The highest BCUT2D eigenvalue weighted by atomic mass is 16.5. The molecule has 0 saturated carbocycles. The molecule has 0 spiro atoms. The third-order valence-electron chi connectivity index (χ3n) is 6.40. The largest absolute Gasteiger partial charge is 0.372 e. The number of rotatable bonds is 5. The molecule has 31 heavy (non-hydrogen) atoms. The van der Waals surface area contributed by atoms with Gasteiger partial charge in [-0.3, -0.25) is 14.4 Å². The second-order valence-electron chi connectivity index (χ2n) is 8.44. The number of hydrazine groups is 1. The van der Waals surface area contributed by atoms with Crippen LogP contribution in [0, 0.1) is 11.8 Å². The lowest BCUT2D eigenvalue weighted by Gasteiger charge is -2.41. The van der Waals surface area contributed by atoms with Gasteiger partial charge in [0.2, 0.25) is 17.7 Å². The zero-order valence-corrected chi connectivity index (χ0v) is 18.2. The molecule has 3 atom stereocenters. The number of hydrogen-bond donors (Lipinski definition) is 1. The zero-order valence-electron chi connectivity index (χ0n) is 18.2. The number of carbonyl (C=O) groups excluding carboxylic acids is 3. The van der Waals surface area contributed by atoms with E-state index in [2.05, 4.69) is 10.3 Å². The van der Waals surface area contributed by atoms with Crippen LogP contribution in [0.15, 0.2) is 30.3 Å². The van der Waals surface area contributed by atoms with Gasteiger partial charge in [0.1, 0.15) is 6.61 Å². The van der Waals surface area contributed by atoms with Crippen LogP contribution in [0.4, 0.5) is 5.69 Å². The Morgan fingerprint density at radius 1 is 1.06 bits per heavy atom. The number of anilines is 1. The number of piperazine rings is 1. The Morgan fingerprint density at radius 2 is 1.74 bits per heavy atom. The fraction of sp³-hybridized carbons (Fsp3) is 0.591. The molecule has 0 radical (unpaired) electrons. The van der Waals surface area contributed by atoms with Gasteiger partial charge in [-0.25, -0.2) is 10.4 Å². The van der Waals surface area contributed by atoms with Gasteiger partial charge in [-0.15, -0.1) is 0 Å². The van der Waals surface area contributed by atoms with Crippen molar-refractivity contribution in [1.82, 2.24) is 20.1 Å². The number of piperidine rings is 1. The van der Waals surface area contributed by atoms with Crippen molar-refractivity contribution in [2.24, 2.45) is 11.8 Å². The van der Waals surface area contributed by atoms with Crippen molar-refractivity contribution in [2.75, 3.05) is 64.5 Å². The highest BCUT2D eigenvalue weighted by molar-refractivity contribution is 5.98. The van der Waals surface area contributed by atoms with E-state index in [4.69, 9.17) is 4.74 Å². The summed E-state index contributed by atoms with van der Waals surface area (Å²) in [6.45, 7) is 5.72. The number of fused-ring (bicyclic) bond motifs is 1. The molecular weight excluding hydrogens is 398 g/mol. The molecule has 0 aliphatic carbocycles. The van der Waals surface area contributed by atoms with Crippen LogP contribution in [0.3, 0.4) is 0 Å². The summed E-state index contributed by atoms with van der Waals surface area (Å²) >= 11 is 0. The lowest BCUT2D eigenvalue weighted by molar-refractivity contribution is -0.146. The van der Waals surface area contributed by atoms with Crippen molar-refractivity contribution in [3.63, 3.8) is 0 Å². The van der Waals surface area contributed by atoms with E-state index in [-0.39, 0.29) is 42.2 Å². The van der Waals surface area contributed by atoms with E-state index in [1.165, 1.54) is 0 Å². The number of likely N-dealkylation sites (tertiary alicyclic amines) is 1. The number of ether oxygens (including phenoxy) is 1. The number of nitrogens with zero attached hydrogens (tertiary/aromatic N) is 4. The second kappa shape index (κ2) is 9.33. The van der Waals surface area contributed by atoms with Gasteiger partial charge in [0, 0.05) is 45.9 Å². The van der Waals surface area contributed by atoms with Crippen molar-refractivity contribution in [1.29, 1.82) is 0 Å². The number of nitrogens with one attached hydrogen (secondary N) is 1. The van der Waals surface area contributed by atoms with Crippen LogP contribution < -0.4 is 10.4 Å². The van der Waals surface area contributed by atoms with Gasteiger partial charge in [-0.1, -0.05) is 18.2 Å². The molecule has 1 N–H and O–H groups in total. The first kappa shape index (κ1) is 21.7. The third kappa shape index (κ3) is 4.44. The Kier molecular flexibility index (Phi) is 6.54. The molecule has 3 aliphatic heterocycles. The smallest absolute Gasteiger partial charge is 0.248 e. The van der Waals surface area contributed by atoms with E-state index in [1.54, 1.807) is 9.91 Å². The molecule has 3 saturated heterocycles. The quantitative estimate of drug-likeness (QED) is 0.697. The zero-order chi connectivity index (χ0) is 22.0. The molecule has 4 rings (SSSR count). The van der Waals surface area contributed by atoms with Crippen LogP contribution in [0.2, 0.25) is 0 Å². The Hall–Kier alpha value is -2.49. The number of carbonyl (C=O) groups is 3. The summed E-state index contributed by atoms with van der Waals surface area (Å²) in [5.74, 6) is -0.553. The Bertz CT molecular complexity index is 811. The maximum Gasteiger partial charge on any atom is 0.248 e. The van der Waals surface area contributed by atoms with Gasteiger partial charge >= 0.3 is 0 Å². The first-order chi connectivity index (χ1) is 15.0. The Labute approximate surface area is 182 Å². The molecule has 3 amide bonds. The van der Waals surface area contributed by atoms with Crippen LogP contribution in [0.1, 0.15) is 6.92 Å². The number of amides is 3. The highest BCUT2D eigenvalue weighted by Gasteiger charge is 2.51. The van der Waals surface area contributed by atoms with Crippen LogP contribution >= 0.6 is 0 Å². The topological polar surface area (TPSA) is 85.4 Å². The predicted molar refractivity (Wildman–Crippen MR) is 115 cm³/mol. The predicted octanol–water partition coefficient (Wildman–Crippen LogP) is -0.208. The Morgan fingerprint density at radius 3 is 2.42 bits per heavy atom. The maximum atomic E-state index is 13.4. The number of benzene rings is 1. The molecule has 3 fully saturated rings. The maximum absolute atomic E-state index is 13.4. The summed E-state index contributed by atoms with van der Waals surface area (Å²) in [7, 11) is 1.96. The SMILES string of the molecule is CCOCC(=O)N1CCN(C(=O)C2CN(C)CC3C(=O)N(c4ccccc4)NC23)CC1. The lowest BCUT2D eigenvalue weighted by Crippen LogP contribution is -2.59. The van der Waals surface area contributed by atoms with E-state index in [0.717, 1.165) is 5.69 Å². The minimum Gasteiger partial charge on any atom is -0.372 e. The van der Waals surface area contributed by atoms with Crippen molar-refractivity contribution in [3.8, 4) is 0 Å². The molecule has 3 aliphatic rings. The van der Waals surface area contributed by atoms with Gasteiger partial charge in [0.05, 0.1) is 23.6 Å². The van der Waals surface area contributed by atoms with Crippen molar-refractivity contribution in [2.45, 2.75) is 13.0 Å². The minimum atomic E-state index is -0.313. The van der Waals surface area contributed by atoms with Crippen molar-refractivity contribution < 1.29 is 19.1 Å². The van der Waals surface area contributed by atoms with Gasteiger partial charge in [-0.05, 0) is 26.1 Å². The number of hydrogen-bond acceptors (Lipinski definition) is 6. The van der Waals surface area contributed by atoms with E-state index in [0.29, 0.717) is 45.9 Å². The van der Waals surface area contributed by atoms with Crippen LogP contribution in [0.25, 0.3) is 0 Å². The van der Waals surface area contributed by atoms with Gasteiger partial charge in [0.25, 0.3) is 0 Å². The first-order valence-corrected chi connectivity index (χ1v) is 11.0. The summed E-state index contributed by atoms with van der Waals surface area (Å²) < 4.78 is 5.21. The minimum absolute atomic E-state index is 0.00638. The fourth-order valence-corrected chi connectivity index (χ4v) is 4.75. The van der Waals surface area contributed by atoms with Crippen LogP contribution in [-0.4, -0.2) is 98.0 Å². The molecule has 0 bridgehead atoms. The molecule has 9 heteroatoms. The second-order valence-corrected chi connectivity index (χ2v) is 8.44. The first-order valence-electron chi connectivity index (χ1n) is 11.0. The summed E-state index contributed by atoms with van der Waals surface area (Å²) in [4.78, 5) is 44.4. The van der Waals surface area contributed by atoms with E-state index in [1.807, 2.05) is 49.2 Å². The standard InChI is InChI=1S/C22H31N5O4/c1-3-31-15-19(28)25-9-11-26(12-10-25)21(29)17-13-24(2)14-18-20(17)23-27(22(18)30)16-7-5-4-6-8-16/h4-8,17-18,20,23H,3,9-15H2,1-2H3. The fourth-order valence-electron chi connectivity index (χ4n) is 4.75. The lowest BCUT2D eigenvalue weighted by atomic mass is 9.84. The summed E-state index contributed by atoms with van der Waals surface area (Å²) in [6.07, 6.45) is 0. The molecule has 3 heterocycles. The van der Waals surface area contributed by atoms with Crippen molar-refractivity contribution in [3.05, 3.63) is 30.3 Å². The van der Waals surface area contributed by atoms with Gasteiger partial charge < -0.3 is 19.4 Å². The molecule has 0 aromatic heterocycles. The van der Waals surface area contributed by atoms with E-state index >= 15 is 0 Å². The summed E-state index contributed by atoms with van der Waals surface area (Å²) in [5.41, 5.74) is 4.12. The van der Waals surface area contributed by atoms with Crippen LogP contribution in [-0.2, 0) is 19.1 Å². The molecule has 9 nitrogen and oxygen atoms in total. The molecule has 1 aromatic rings. The van der Waals surface area contributed by atoms with Gasteiger partial charge in [0.15, 0.2) is 0 Å². The number of para-hydroxylation sites is 1. The van der Waals surface area contributed by atoms with E-state index in [9.17, 15) is 14.4 Å².